The Morgan fingerprint density at radius 1 is 1.32 bits per heavy atom. The van der Waals surface area contributed by atoms with Gasteiger partial charge in [0, 0.05) is 31.0 Å². The van der Waals surface area contributed by atoms with Crippen LogP contribution in [0, 0.1) is 17.7 Å². The fourth-order valence-electron chi connectivity index (χ4n) is 3.23. The van der Waals surface area contributed by atoms with Gasteiger partial charge in [0.25, 0.3) is 0 Å². The highest BCUT2D eigenvalue weighted by Gasteiger charge is 2.26. The maximum absolute atomic E-state index is 13.2. The van der Waals surface area contributed by atoms with Crippen molar-refractivity contribution in [3.8, 4) is 0 Å². The van der Waals surface area contributed by atoms with Gasteiger partial charge in [0.1, 0.15) is 5.82 Å². The van der Waals surface area contributed by atoms with Gasteiger partial charge in [0.15, 0.2) is 5.78 Å². The summed E-state index contributed by atoms with van der Waals surface area (Å²) < 4.78 is 13.2. The van der Waals surface area contributed by atoms with Crippen molar-refractivity contribution in [2.24, 2.45) is 11.8 Å². The van der Waals surface area contributed by atoms with Crippen LogP contribution in [-0.4, -0.2) is 43.3 Å². The molecule has 0 bridgehead atoms. The first kappa shape index (κ1) is 21.6. The van der Waals surface area contributed by atoms with Gasteiger partial charge in [0.05, 0.1) is 0 Å². The highest BCUT2D eigenvalue weighted by molar-refractivity contribution is 5.99. The van der Waals surface area contributed by atoms with E-state index in [1.807, 2.05) is 11.9 Å². The Labute approximate surface area is 155 Å². The molecule has 0 saturated carbocycles. The largest absolute Gasteiger partial charge is 0.343 e. The normalized spacial score (nSPS) is 16.2. The number of hydrogen-bond donors (Lipinski definition) is 1. The molecule has 25 heavy (non-hydrogen) atoms. The Hall–Kier alpha value is -1.46. The molecule has 1 saturated heterocycles. The van der Waals surface area contributed by atoms with Gasteiger partial charge in [0.2, 0.25) is 5.91 Å². The quantitative estimate of drug-likeness (QED) is 0.749. The number of likely N-dealkylation sites (tertiary alicyclic amines) is 1. The number of carbonyl (C=O) groups is 2. The highest BCUT2D eigenvalue weighted by atomic mass is 35.5. The van der Waals surface area contributed by atoms with E-state index in [0.29, 0.717) is 11.5 Å². The lowest BCUT2D eigenvalue weighted by Gasteiger charge is -2.32. The molecule has 1 heterocycles. The van der Waals surface area contributed by atoms with Crippen molar-refractivity contribution in [2.75, 3.05) is 26.7 Å². The number of halogens is 2. The predicted octanol–water partition coefficient (Wildman–Crippen LogP) is 3.30. The van der Waals surface area contributed by atoms with Crippen LogP contribution in [0.3, 0.4) is 0 Å². The zero-order valence-corrected chi connectivity index (χ0v) is 15.8. The number of ketones is 1. The molecule has 1 aromatic rings. The summed E-state index contributed by atoms with van der Waals surface area (Å²) in [4.78, 5) is 26.6. The van der Waals surface area contributed by atoms with Crippen molar-refractivity contribution in [2.45, 2.75) is 32.6 Å². The molecule has 1 atom stereocenters. The second-order valence-corrected chi connectivity index (χ2v) is 6.70. The van der Waals surface area contributed by atoms with Crippen molar-refractivity contribution in [1.82, 2.24) is 10.2 Å². The van der Waals surface area contributed by atoms with Crippen LogP contribution in [0.15, 0.2) is 24.3 Å². The SMILES string of the molecule is CNCCC1CCN(C(=O)CC(C)C(=O)c2cccc(F)c2)CC1.Cl. The number of amides is 1. The molecular formula is C19H28ClFN2O2. The Bertz CT molecular complexity index is 574. The number of piperidine rings is 1. The zero-order chi connectivity index (χ0) is 17.5. The molecule has 1 N–H and O–H groups in total. The standard InChI is InChI=1S/C19H27FN2O2.ClH/c1-14(19(24)16-4-3-5-17(20)13-16)12-18(23)22-10-7-15(8-11-22)6-9-21-2;/h3-5,13-15,21H,6-12H2,1-2H3;1H. The number of carbonyl (C=O) groups excluding carboxylic acids is 2. The van der Waals surface area contributed by atoms with Crippen molar-refractivity contribution < 1.29 is 14.0 Å². The van der Waals surface area contributed by atoms with Crippen LogP contribution in [0.4, 0.5) is 4.39 Å². The number of rotatable bonds is 7. The number of Topliss-reactive ketones (excluding diaryl/α,β-unsaturated/α-hetero) is 1. The second kappa shape index (κ2) is 10.5. The molecule has 1 amide bonds. The van der Waals surface area contributed by atoms with Gasteiger partial charge < -0.3 is 10.2 Å². The average Bonchev–Trinajstić information content (AvgIpc) is 2.59. The first-order valence-electron chi connectivity index (χ1n) is 8.73. The van der Waals surface area contributed by atoms with Crippen molar-refractivity contribution in [3.63, 3.8) is 0 Å². The summed E-state index contributed by atoms with van der Waals surface area (Å²) in [6, 6.07) is 5.66. The maximum Gasteiger partial charge on any atom is 0.223 e. The first-order chi connectivity index (χ1) is 11.5. The van der Waals surface area contributed by atoms with Gasteiger partial charge in [-0.2, -0.15) is 0 Å². The summed E-state index contributed by atoms with van der Waals surface area (Å²) >= 11 is 0. The summed E-state index contributed by atoms with van der Waals surface area (Å²) in [6.07, 6.45) is 3.39. The van der Waals surface area contributed by atoms with Crippen LogP contribution < -0.4 is 5.32 Å². The molecule has 1 unspecified atom stereocenters. The van der Waals surface area contributed by atoms with Crippen LogP contribution in [0.25, 0.3) is 0 Å². The molecule has 0 aliphatic carbocycles. The van der Waals surface area contributed by atoms with E-state index >= 15 is 0 Å². The van der Waals surface area contributed by atoms with Gasteiger partial charge in [-0.05, 0) is 50.9 Å². The Morgan fingerprint density at radius 2 is 2.00 bits per heavy atom. The van der Waals surface area contributed by atoms with E-state index in [1.54, 1.807) is 13.0 Å². The molecular weight excluding hydrogens is 343 g/mol. The van der Waals surface area contributed by atoms with E-state index in [9.17, 15) is 14.0 Å². The van der Waals surface area contributed by atoms with Gasteiger partial charge in [-0.1, -0.05) is 19.1 Å². The molecule has 1 aliphatic heterocycles. The maximum atomic E-state index is 13.2. The van der Waals surface area contributed by atoms with E-state index < -0.39 is 11.7 Å². The molecule has 2 rings (SSSR count). The van der Waals surface area contributed by atoms with Gasteiger partial charge >= 0.3 is 0 Å². The van der Waals surface area contributed by atoms with E-state index in [0.717, 1.165) is 38.9 Å². The summed E-state index contributed by atoms with van der Waals surface area (Å²) in [6.45, 7) is 4.30. The Kier molecular flexibility index (Phi) is 9.08. The zero-order valence-electron chi connectivity index (χ0n) is 15.0. The van der Waals surface area contributed by atoms with E-state index in [4.69, 9.17) is 0 Å². The van der Waals surface area contributed by atoms with Crippen LogP contribution in [0.5, 0.6) is 0 Å². The summed E-state index contributed by atoms with van der Waals surface area (Å²) in [7, 11) is 1.95. The molecule has 1 aliphatic rings. The minimum Gasteiger partial charge on any atom is -0.343 e. The van der Waals surface area contributed by atoms with Crippen molar-refractivity contribution in [1.29, 1.82) is 0 Å². The lowest BCUT2D eigenvalue weighted by molar-refractivity contribution is -0.133. The number of benzene rings is 1. The summed E-state index contributed by atoms with van der Waals surface area (Å²) in [5.74, 6) is -0.330. The summed E-state index contributed by atoms with van der Waals surface area (Å²) in [5, 5.41) is 3.16. The molecule has 1 fully saturated rings. The lowest BCUT2D eigenvalue weighted by Crippen LogP contribution is -2.40. The lowest BCUT2D eigenvalue weighted by atomic mass is 9.92. The molecule has 1 aromatic carbocycles. The van der Waals surface area contributed by atoms with E-state index in [1.165, 1.54) is 18.2 Å². The van der Waals surface area contributed by atoms with Crippen LogP contribution in [0.2, 0.25) is 0 Å². The monoisotopic (exact) mass is 370 g/mol. The second-order valence-electron chi connectivity index (χ2n) is 6.70. The molecule has 0 spiro atoms. The molecule has 0 aromatic heterocycles. The molecule has 0 radical (unpaired) electrons. The third-order valence-corrected chi connectivity index (χ3v) is 4.81. The van der Waals surface area contributed by atoms with Gasteiger partial charge in [-0.15, -0.1) is 12.4 Å². The smallest absolute Gasteiger partial charge is 0.223 e. The number of nitrogens with one attached hydrogen (secondary N) is 1. The third kappa shape index (κ3) is 6.40. The van der Waals surface area contributed by atoms with Gasteiger partial charge in [-0.3, -0.25) is 9.59 Å². The Morgan fingerprint density at radius 3 is 2.60 bits per heavy atom. The molecule has 140 valence electrons. The van der Waals surface area contributed by atoms with E-state index in [-0.39, 0.29) is 30.5 Å². The highest BCUT2D eigenvalue weighted by Crippen LogP contribution is 2.22. The van der Waals surface area contributed by atoms with Crippen LogP contribution >= 0.6 is 12.4 Å². The van der Waals surface area contributed by atoms with E-state index in [2.05, 4.69) is 5.32 Å². The third-order valence-electron chi connectivity index (χ3n) is 4.81. The van der Waals surface area contributed by atoms with Crippen LogP contribution in [0.1, 0.15) is 43.0 Å². The molecule has 6 heteroatoms. The van der Waals surface area contributed by atoms with Crippen LogP contribution in [-0.2, 0) is 4.79 Å². The summed E-state index contributed by atoms with van der Waals surface area (Å²) in [5.41, 5.74) is 0.334. The predicted molar refractivity (Wildman–Crippen MR) is 99.6 cm³/mol. The van der Waals surface area contributed by atoms with Gasteiger partial charge in [-0.25, -0.2) is 4.39 Å². The Balaban J connectivity index is 0.00000312. The fraction of sp³-hybridized carbons (Fsp3) is 0.579. The minimum absolute atomic E-state index is 0. The first-order valence-corrected chi connectivity index (χ1v) is 8.73. The van der Waals surface area contributed by atoms with Crippen molar-refractivity contribution >= 4 is 24.1 Å². The molecule has 4 nitrogen and oxygen atoms in total. The number of hydrogen-bond acceptors (Lipinski definition) is 3. The minimum atomic E-state index is -0.429. The fourth-order valence-corrected chi connectivity index (χ4v) is 3.23. The number of nitrogens with zero attached hydrogens (tertiary/aromatic N) is 1. The topological polar surface area (TPSA) is 49.4 Å². The van der Waals surface area contributed by atoms with Crippen molar-refractivity contribution in [3.05, 3.63) is 35.6 Å². The average molecular weight is 371 g/mol.